The van der Waals surface area contributed by atoms with Crippen molar-refractivity contribution in [3.05, 3.63) is 110 Å². The van der Waals surface area contributed by atoms with E-state index in [1.807, 2.05) is 72.8 Å². The van der Waals surface area contributed by atoms with Crippen LogP contribution in [0.5, 0.6) is 0 Å². The topological polar surface area (TPSA) is 131 Å². The Morgan fingerprint density at radius 2 is 0.744 bits per heavy atom. The molecule has 0 spiro atoms. The normalized spacial score (nSPS) is 11.1. The monoisotopic (exact) mass is 510 g/mol. The fraction of sp³-hybridized carbons (Fsp3) is 0. The van der Waals surface area contributed by atoms with Crippen molar-refractivity contribution < 1.29 is 0 Å². The van der Waals surface area contributed by atoms with E-state index in [1.165, 1.54) is 0 Å². The first-order valence-electron chi connectivity index (χ1n) is 12.0. The minimum Gasteiger partial charge on any atom is -0.221 e. The van der Waals surface area contributed by atoms with Crippen molar-refractivity contribution in [3.8, 4) is 51.2 Å². The Balaban J connectivity index is 1.39. The van der Waals surface area contributed by atoms with Crippen LogP contribution in [0.4, 0.5) is 0 Å². The van der Waals surface area contributed by atoms with Crippen LogP contribution in [0.1, 0.15) is 0 Å². The van der Waals surface area contributed by atoms with E-state index in [0.717, 1.165) is 33.8 Å². The predicted octanol–water partition coefficient (Wildman–Crippen LogP) is 3.61. The number of benzene rings is 3. The largest absolute Gasteiger partial charge is 0.221 e. The molecule has 12 nitrogen and oxygen atoms in total. The molecule has 0 saturated carbocycles. The maximum absolute atomic E-state index is 4.88. The quantitative estimate of drug-likeness (QED) is 0.329. The van der Waals surface area contributed by atoms with E-state index >= 15 is 0 Å². The molecule has 7 rings (SSSR count). The summed E-state index contributed by atoms with van der Waals surface area (Å²) in [6.45, 7) is 0. The Bertz CT molecular complexity index is 1630. The molecule has 4 heterocycles. The summed E-state index contributed by atoms with van der Waals surface area (Å²) >= 11 is 0. The van der Waals surface area contributed by atoms with E-state index < -0.39 is 0 Å². The van der Waals surface area contributed by atoms with Crippen molar-refractivity contribution >= 4 is 0 Å². The summed E-state index contributed by atoms with van der Waals surface area (Å²) in [6, 6.07) is 23.4. The summed E-state index contributed by atoms with van der Waals surface area (Å²) in [7, 11) is 0. The number of hydrogen-bond donors (Lipinski definition) is 0. The van der Waals surface area contributed by atoms with E-state index in [0.29, 0.717) is 17.5 Å². The van der Waals surface area contributed by atoms with Crippen LogP contribution in [0.25, 0.3) is 51.2 Å². The lowest BCUT2D eigenvalue weighted by atomic mass is 10.1. The van der Waals surface area contributed by atoms with Crippen LogP contribution in [0.2, 0.25) is 0 Å². The Morgan fingerprint density at radius 3 is 1.03 bits per heavy atom. The van der Waals surface area contributed by atoms with Gasteiger partial charge in [-0.3, -0.25) is 0 Å². The first kappa shape index (κ1) is 22.3. The van der Waals surface area contributed by atoms with Gasteiger partial charge >= 0.3 is 0 Å². The van der Waals surface area contributed by atoms with Gasteiger partial charge < -0.3 is 0 Å². The average Bonchev–Trinajstić information content (AvgIpc) is 3.81. The standard InChI is InChI=1S/C27H18N12/c1-4-19(16-22(7-1)37-13-10-28-34-37)25-31-26(20-5-2-8-23(17-20)38-14-11-29-35-38)33-27(32-25)21-6-3-9-24(18-21)39-15-12-30-36-39/h1-18H. The molecule has 0 bridgehead atoms. The highest BCUT2D eigenvalue weighted by atomic mass is 15.4. The molecule has 3 aromatic carbocycles. The maximum atomic E-state index is 4.88. The van der Waals surface area contributed by atoms with E-state index in [1.54, 1.807) is 51.2 Å². The molecular formula is C27H18N12. The highest BCUT2D eigenvalue weighted by molar-refractivity contribution is 5.69. The van der Waals surface area contributed by atoms with Crippen molar-refractivity contribution in [1.29, 1.82) is 0 Å². The van der Waals surface area contributed by atoms with Gasteiger partial charge in [-0.2, -0.15) is 0 Å². The number of aromatic nitrogens is 12. The Hall–Kier alpha value is -5.91. The van der Waals surface area contributed by atoms with Gasteiger partial charge in [-0.25, -0.2) is 29.0 Å². The van der Waals surface area contributed by atoms with Gasteiger partial charge in [0.25, 0.3) is 0 Å². The summed E-state index contributed by atoms with van der Waals surface area (Å²) in [6.07, 6.45) is 10.3. The molecule has 4 aromatic heterocycles. The Kier molecular flexibility index (Phi) is 5.44. The van der Waals surface area contributed by atoms with Gasteiger partial charge in [0.05, 0.1) is 54.2 Å². The van der Waals surface area contributed by atoms with Gasteiger partial charge in [0.2, 0.25) is 0 Å². The predicted molar refractivity (Wildman–Crippen MR) is 141 cm³/mol. The molecule has 0 aliphatic carbocycles. The van der Waals surface area contributed by atoms with E-state index in [2.05, 4.69) is 30.9 Å². The molecule has 0 radical (unpaired) electrons. The van der Waals surface area contributed by atoms with Crippen LogP contribution in [0.3, 0.4) is 0 Å². The molecule has 0 aliphatic rings. The van der Waals surface area contributed by atoms with Gasteiger partial charge in [-0.1, -0.05) is 52.0 Å². The smallest absolute Gasteiger partial charge is 0.164 e. The van der Waals surface area contributed by atoms with Crippen molar-refractivity contribution in [2.24, 2.45) is 0 Å². The zero-order chi connectivity index (χ0) is 26.0. The zero-order valence-electron chi connectivity index (χ0n) is 20.3. The van der Waals surface area contributed by atoms with Crippen LogP contribution in [-0.2, 0) is 0 Å². The van der Waals surface area contributed by atoms with Gasteiger partial charge in [-0.15, -0.1) is 15.3 Å². The Labute approximate surface area is 221 Å². The molecular weight excluding hydrogens is 492 g/mol. The lowest BCUT2D eigenvalue weighted by Crippen LogP contribution is -2.03. The average molecular weight is 511 g/mol. The summed E-state index contributed by atoms with van der Waals surface area (Å²) in [5.74, 6) is 1.57. The third-order valence-electron chi connectivity index (χ3n) is 6.01. The molecule has 39 heavy (non-hydrogen) atoms. The minimum atomic E-state index is 0.522. The first-order chi connectivity index (χ1) is 19.3. The third kappa shape index (κ3) is 4.42. The molecule has 0 fully saturated rings. The van der Waals surface area contributed by atoms with Gasteiger partial charge in [0.1, 0.15) is 0 Å². The Morgan fingerprint density at radius 1 is 0.410 bits per heavy atom. The third-order valence-corrected chi connectivity index (χ3v) is 6.01. The van der Waals surface area contributed by atoms with Crippen LogP contribution < -0.4 is 0 Å². The van der Waals surface area contributed by atoms with Crippen molar-refractivity contribution in [2.45, 2.75) is 0 Å². The molecule has 0 saturated heterocycles. The van der Waals surface area contributed by atoms with Gasteiger partial charge in [-0.05, 0) is 36.4 Å². The van der Waals surface area contributed by atoms with E-state index in [-0.39, 0.29) is 0 Å². The molecule has 186 valence electrons. The second-order valence-corrected chi connectivity index (χ2v) is 8.50. The highest BCUT2D eigenvalue weighted by Gasteiger charge is 2.14. The van der Waals surface area contributed by atoms with Crippen LogP contribution in [-0.4, -0.2) is 59.9 Å². The van der Waals surface area contributed by atoms with Crippen molar-refractivity contribution in [1.82, 2.24) is 59.9 Å². The molecule has 0 unspecified atom stereocenters. The SMILES string of the molecule is c1cc(-c2nc(-c3cccc(-n4ccnn4)c3)nc(-c3cccc(-n4ccnn4)c3)n2)cc(-n2ccnn2)c1. The van der Waals surface area contributed by atoms with Crippen LogP contribution in [0.15, 0.2) is 110 Å². The maximum Gasteiger partial charge on any atom is 0.164 e. The fourth-order valence-corrected chi connectivity index (χ4v) is 4.16. The van der Waals surface area contributed by atoms with E-state index in [4.69, 9.17) is 15.0 Å². The molecule has 0 amide bonds. The zero-order valence-corrected chi connectivity index (χ0v) is 20.3. The van der Waals surface area contributed by atoms with Crippen molar-refractivity contribution in [3.63, 3.8) is 0 Å². The second-order valence-electron chi connectivity index (χ2n) is 8.50. The second kappa shape index (κ2) is 9.52. The molecule has 0 atom stereocenters. The molecule has 7 aromatic rings. The fourth-order valence-electron chi connectivity index (χ4n) is 4.16. The van der Waals surface area contributed by atoms with Crippen LogP contribution >= 0.6 is 0 Å². The summed E-state index contributed by atoms with van der Waals surface area (Å²) in [4.78, 5) is 14.6. The summed E-state index contributed by atoms with van der Waals surface area (Å²) < 4.78 is 5.07. The van der Waals surface area contributed by atoms with Crippen LogP contribution in [0, 0.1) is 0 Å². The molecule has 0 N–H and O–H groups in total. The summed E-state index contributed by atoms with van der Waals surface area (Å²) in [5.41, 5.74) is 4.97. The lowest BCUT2D eigenvalue weighted by molar-refractivity contribution is 0.803. The lowest BCUT2D eigenvalue weighted by Gasteiger charge is -2.11. The van der Waals surface area contributed by atoms with E-state index in [9.17, 15) is 0 Å². The van der Waals surface area contributed by atoms with Gasteiger partial charge in [0.15, 0.2) is 17.5 Å². The van der Waals surface area contributed by atoms with Crippen molar-refractivity contribution in [2.75, 3.05) is 0 Å². The molecule has 12 heteroatoms. The highest BCUT2D eigenvalue weighted by Crippen LogP contribution is 2.27. The minimum absolute atomic E-state index is 0.522. The molecule has 0 aliphatic heterocycles. The number of nitrogens with zero attached hydrogens (tertiary/aromatic N) is 12. The number of hydrogen-bond acceptors (Lipinski definition) is 9. The summed E-state index contributed by atoms with van der Waals surface area (Å²) in [5, 5.41) is 24.1. The number of rotatable bonds is 6. The first-order valence-corrected chi connectivity index (χ1v) is 12.0. The van der Waals surface area contributed by atoms with Gasteiger partial charge in [0, 0.05) is 16.7 Å².